The molecule has 0 spiro atoms. The quantitative estimate of drug-likeness (QED) is 0.467. The molecule has 0 saturated heterocycles. The van der Waals surface area contributed by atoms with Crippen LogP contribution in [0.5, 0.6) is 0 Å². The first-order valence-corrected chi connectivity index (χ1v) is 3.83. The van der Waals surface area contributed by atoms with Gasteiger partial charge in [0.1, 0.15) is 0 Å². The fourth-order valence-corrected chi connectivity index (χ4v) is 1.03. The minimum atomic E-state index is 0.221. The SMILES string of the molecule is O=C1C=C=CCCCCC1. The Kier molecular flexibility index (Phi) is 2.98. The lowest BCUT2D eigenvalue weighted by atomic mass is 10.1. The molecule has 0 atom stereocenters. The summed E-state index contributed by atoms with van der Waals surface area (Å²) in [6.07, 6.45) is 8.72. The molecule has 0 fully saturated rings. The van der Waals surface area contributed by atoms with Crippen LogP contribution in [0.15, 0.2) is 17.9 Å². The van der Waals surface area contributed by atoms with Gasteiger partial charge in [-0.15, -0.1) is 5.73 Å². The van der Waals surface area contributed by atoms with Gasteiger partial charge in [0, 0.05) is 12.5 Å². The molecule has 54 valence electrons. The summed E-state index contributed by atoms with van der Waals surface area (Å²) in [5.41, 5.74) is 2.88. The molecule has 10 heavy (non-hydrogen) atoms. The van der Waals surface area contributed by atoms with Crippen molar-refractivity contribution in [2.75, 3.05) is 0 Å². The molecular weight excluding hydrogens is 124 g/mol. The summed E-state index contributed by atoms with van der Waals surface area (Å²) in [5.74, 6) is 0.221. The molecule has 0 aromatic heterocycles. The first kappa shape index (κ1) is 7.30. The van der Waals surface area contributed by atoms with Gasteiger partial charge in [0.15, 0.2) is 5.78 Å². The maximum Gasteiger partial charge on any atom is 0.163 e. The summed E-state index contributed by atoms with van der Waals surface area (Å²) >= 11 is 0. The molecule has 0 heterocycles. The Hall–Kier alpha value is -0.810. The maximum absolute atomic E-state index is 10.9. The molecule has 0 aromatic carbocycles. The average Bonchev–Trinajstić information content (AvgIpc) is 2.02. The van der Waals surface area contributed by atoms with Gasteiger partial charge >= 0.3 is 0 Å². The van der Waals surface area contributed by atoms with Crippen molar-refractivity contribution in [3.05, 3.63) is 17.9 Å². The van der Waals surface area contributed by atoms with Gasteiger partial charge in [-0.1, -0.05) is 6.42 Å². The molecule has 1 aliphatic carbocycles. The van der Waals surface area contributed by atoms with Crippen LogP contribution in [-0.2, 0) is 4.79 Å². The highest BCUT2D eigenvalue weighted by Gasteiger charge is 1.96. The summed E-state index contributed by atoms with van der Waals surface area (Å²) in [7, 11) is 0. The Morgan fingerprint density at radius 1 is 1.30 bits per heavy atom. The first-order chi connectivity index (χ1) is 4.89. The maximum atomic E-state index is 10.9. The van der Waals surface area contributed by atoms with E-state index >= 15 is 0 Å². The van der Waals surface area contributed by atoms with Crippen molar-refractivity contribution in [2.24, 2.45) is 0 Å². The second-order valence-electron chi connectivity index (χ2n) is 2.58. The third kappa shape index (κ3) is 2.65. The van der Waals surface area contributed by atoms with E-state index in [0.717, 1.165) is 12.8 Å². The van der Waals surface area contributed by atoms with E-state index < -0.39 is 0 Å². The highest BCUT2D eigenvalue weighted by Crippen LogP contribution is 2.05. The summed E-state index contributed by atoms with van der Waals surface area (Å²) in [5, 5.41) is 0. The van der Waals surface area contributed by atoms with E-state index in [1.165, 1.54) is 12.8 Å². The highest BCUT2D eigenvalue weighted by atomic mass is 16.1. The molecule has 1 rings (SSSR count). The topological polar surface area (TPSA) is 17.1 Å². The summed E-state index contributed by atoms with van der Waals surface area (Å²) in [6, 6.07) is 0. The molecular formula is C9H12O. The number of rotatable bonds is 0. The van der Waals surface area contributed by atoms with E-state index in [1.54, 1.807) is 6.08 Å². The summed E-state index contributed by atoms with van der Waals surface area (Å²) < 4.78 is 0. The van der Waals surface area contributed by atoms with Gasteiger partial charge in [-0.3, -0.25) is 4.79 Å². The summed E-state index contributed by atoms with van der Waals surface area (Å²) in [4.78, 5) is 10.9. The van der Waals surface area contributed by atoms with Crippen LogP contribution in [0, 0.1) is 0 Å². The molecule has 1 aliphatic rings. The van der Waals surface area contributed by atoms with Crippen LogP contribution in [-0.4, -0.2) is 5.78 Å². The molecule has 0 bridgehead atoms. The third-order valence-electron chi connectivity index (χ3n) is 1.63. The predicted molar refractivity (Wildman–Crippen MR) is 40.7 cm³/mol. The van der Waals surface area contributed by atoms with Gasteiger partial charge in [0.2, 0.25) is 0 Å². The van der Waals surface area contributed by atoms with E-state index in [4.69, 9.17) is 0 Å². The molecule has 1 heteroatoms. The fraction of sp³-hybridized carbons (Fsp3) is 0.556. The van der Waals surface area contributed by atoms with E-state index in [2.05, 4.69) is 5.73 Å². The third-order valence-corrected chi connectivity index (χ3v) is 1.63. The second-order valence-corrected chi connectivity index (χ2v) is 2.58. The lowest BCUT2D eigenvalue weighted by Gasteiger charge is -1.92. The van der Waals surface area contributed by atoms with Crippen molar-refractivity contribution in [1.82, 2.24) is 0 Å². The molecule has 0 radical (unpaired) electrons. The van der Waals surface area contributed by atoms with Crippen LogP contribution in [0.2, 0.25) is 0 Å². The normalized spacial score (nSPS) is 19.8. The lowest BCUT2D eigenvalue weighted by Crippen LogP contribution is -1.90. The van der Waals surface area contributed by atoms with Crippen LogP contribution in [0.1, 0.15) is 32.1 Å². The van der Waals surface area contributed by atoms with Crippen LogP contribution >= 0.6 is 0 Å². The van der Waals surface area contributed by atoms with E-state index in [0.29, 0.717) is 6.42 Å². The molecule has 0 amide bonds. The molecule has 0 aliphatic heterocycles. The zero-order valence-electron chi connectivity index (χ0n) is 6.10. The number of carbonyl (C=O) groups excluding carboxylic acids is 1. The highest BCUT2D eigenvalue weighted by molar-refractivity contribution is 5.89. The first-order valence-electron chi connectivity index (χ1n) is 3.83. The average molecular weight is 136 g/mol. The number of hydrogen-bond acceptors (Lipinski definition) is 1. The van der Waals surface area contributed by atoms with Crippen molar-refractivity contribution in [3.63, 3.8) is 0 Å². The van der Waals surface area contributed by atoms with Gasteiger partial charge in [0.05, 0.1) is 0 Å². The Labute approximate surface area is 61.4 Å². The molecule has 0 aromatic rings. The number of ketones is 1. The molecule has 0 N–H and O–H groups in total. The second kappa shape index (κ2) is 4.08. The van der Waals surface area contributed by atoms with Gasteiger partial charge < -0.3 is 0 Å². The molecule has 0 saturated carbocycles. The Bertz CT molecular complexity index is 173. The van der Waals surface area contributed by atoms with E-state index in [9.17, 15) is 4.79 Å². The van der Waals surface area contributed by atoms with Gasteiger partial charge in [0.25, 0.3) is 0 Å². The minimum absolute atomic E-state index is 0.221. The zero-order chi connectivity index (χ0) is 7.23. The van der Waals surface area contributed by atoms with Crippen molar-refractivity contribution in [3.8, 4) is 0 Å². The molecule has 1 nitrogen and oxygen atoms in total. The van der Waals surface area contributed by atoms with Gasteiger partial charge in [-0.2, -0.15) is 0 Å². The van der Waals surface area contributed by atoms with Gasteiger partial charge in [-0.25, -0.2) is 0 Å². The van der Waals surface area contributed by atoms with E-state index in [-0.39, 0.29) is 5.78 Å². The lowest BCUT2D eigenvalue weighted by molar-refractivity contribution is -0.114. The van der Waals surface area contributed by atoms with Crippen LogP contribution < -0.4 is 0 Å². The minimum Gasteiger partial charge on any atom is -0.294 e. The Morgan fingerprint density at radius 3 is 3.10 bits per heavy atom. The number of allylic oxidation sites excluding steroid dienone is 1. The number of carbonyl (C=O) groups is 1. The molecule has 0 unspecified atom stereocenters. The van der Waals surface area contributed by atoms with Crippen molar-refractivity contribution >= 4 is 5.78 Å². The van der Waals surface area contributed by atoms with Crippen molar-refractivity contribution in [1.29, 1.82) is 0 Å². The predicted octanol–water partition coefficient (Wildman–Crippen LogP) is 2.23. The fourth-order valence-electron chi connectivity index (χ4n) is 1.03. The van der Waals surface area contributed by atoms with Crippen molar-refractivity contribution in [2.45, 2.75) is 32.1 Å². The van der Waals surface area contributed by atoms with E-state index in [1.807, 2.05) is 6.08 Å². The number of hydrogen-bond donors (Lipinski definition) is 0. The zero-order valence-corrected chi connectivity index (χ0v) is 6.10. The monoisotopic (exact) mass is 136 g/mol. The van der Waals surface area contributed by atoms with Gasteiger partial charge in [-0.05, 0) is 25.3 Å². The Balaban J connectivity index is 2.50. The standard InChI is InChI=1S/C9H12O/c10-9-7-5-3-1-2-4-6-8-9/h3,7H,1-2,4,6,8H2. The Morgan fingerprint density at radius 2 is 2.20 bits per heavy atom. The van der Waals surface area contributed by atoms with Crippen LogP contribution in [0.3, 0.4) is 0 Å². The smallest absolute Gasteiger partial charge is 0.163 e. The van der Waals surface area contributed by atoms with Crippen molar-refractivity contribution < 1.29 is 4.79 Å². The summed E-state index contributed by atoms with van der Waals surface area (Å²) in [6.45, 7) is 0. The van der Waals surface area contributed by atoms with Crippen LogP contribution in [0.25, 0.3) is 0 Å². The largest absolute Gasteiger partial charge is 0.294 e. The van der Waals surface area contributed by atoms with Crippen LogP contribution in [0.4, 0.5) is 0 Å².